The van der Waals surface area contributed by atoms with Crippen LogP contribution in [0.5, 0.6) is 0 Å². The number of piperidine rings is 1. The van der Waals surface area contributed by atoms with Crippen molar-refractivity contribution in [3.8, 4) is 0 Å². The van der Waals surface area contributed by atoms with Crippen LogP contribution in [0.15, 0.2) is 18.2 Å². The molecule has 0 unspecified atom stereocenters. The van der Waals surface area contributed by atoms with Gasteiger partial charge >= 0.3 is 0 Å². The summed E-state index contributed by atoms with van der Waals surface area (Å²) in [5.74, 6) is -0.524. The fourth-order valence-electron chi connectivity index (χ4n) is 2.74. The highest BCUT2D eigenvalue weighted by atomic mass is 35.5. The van der Waals surface area contributed by atoms with E-state index < -0.39 is 11.7 Å². The number of benzene rings is 1. The van der Waals surface area contributed by atoms with Crippen LogP contribution in [-0.4, -0.2) is 43.9 Å². The monoisotopic (exact) mass is 357 g/mol. The number of hydrogen-bond acceptors (Lipinski definition) is 3. The van der Waals surface area contributed by atoms with E-state index >= 15 is 0 Å². The quantitative estimate of drug-likeness (QED) is 0.851. The van der Waals surface area contributed by atoms with Gasteiger partial charge in [-0.3, -0.25) is 9.59 Å². The fraction of sp³-hybridized carbons (Fsp3) is 0.529. The van der Waals surface area contributed by atoms with Gasteiger partial charge < -0.3 is 15.5 Å². The van der Waals surface area contributed by atoms with Crippen LogP contribution in [0.4, 0.5) is 10.1 Å². The molecule has 0 radical (unpaired) electrons. The maximum Gasteiger partial charge on any atom is 0.256 e. The van der Waals surface area contributed by atoms with Gasteiger partial charge in [-0.25, -0.2) is 4.39 Å². The first-order valence-corrected chi connectivity index (χ1v) is 7.99. The number of rotatable bonds is 5. The number of hydrogen-bond donors (Lipinski definition) is 2. The summed E-state index contributed by atoms with van der Waals surface area (Å²) in [6.45, 7) is 2.03. The number of amides is 2. The van der Waals surface area contributed by atoms with Gasteiger partial charge in [0.1, 0.15) is 5.82 Å². The molecule has 2 rings (SSSR count). The molecule has 1 heterocycles. The molecular formula is C17H25ClFN3O2. The normalized spacial score (nSPS) is 14.6. The molecule has 1 saturated heterocycles. The Labute approximate surface area is 148 Å². The predicted molar refractivity (Wildman–Crippen MR) is 95.1 cm³/mol. The van der Waals surface area contributed by atoms with E-state index in [1.807, 2.05) is 0 Å². The zero-order valence-corrected chi connectivity index (χ0v) is 14.9. The Kier molecular flexibility index (Phi) is 8.15. The van der Waals surface area contributed by atoms with E-state index in [-0.39, 0.29) is 23.9 Å². The smallest absolute Gasteiger partial charge is 0.256 e. The van der Waals surface area contributed by atoms with Crippen LogP contribution in [0.2, 0.25) is 0 Å². The number of carbonyl (C=O) groups is 2. The lowest BCUT2D eigenvalue weighted by atomic mass is 9.93. The van der Waals surface area contributed by atoms with Crippen LogP contribution < -0.4 is 10.6 Å². The molecule has 7 heteroatoms. The lowest BCUT2D eigenvalue weighted by Gasteiger charge is -2.22. The van der Waals surface area contributed by atoms with Gasteiger partial charge in [0.15, 0.2) is 0 Å². The number of nitrogens with zero attached hydrogens (tertiary/aromatic N) is 1. The standard InChI is InChI=1S/C17H24FN3O2.ClH/c1-21(2)17(23)14-11-13(4-5-15(14)18)20-16(22)6-3-12-7-9-19-10-8-12;/h4-5,11-12,19H,3,6-10H2,1-2H3,(H,20,22);1H. The maximum absolute atomic E-state index is 13.7. The summed E-state index contributed by atoms with van der Waals surface area (Å²) in [5, 5.41) is 6.05. The zero-order chi connectivity index (χ0) is 16.8. The van der Waals surface area contributed by atoms with E-state index in [2.05, 4.69) is 10.6 Å². The van der Waals surface area contributed by atoms with Gasteiger partial charge in [-0.05, 0) is 56.5 Å². The molecule has 0 aromatic heterocycles. The highest BCUT2D eigenvalue weighted by Gasteiger charge is 2.17. The summed E-state index contributed by atoms with van der Waals surface area (Å²) in [4.78, 5) is 25.2. The molecule has 134 valence electrons. The first-order valence-electron chi connectivity index (χ1n) is 7.99. The number of anilines is 1. The van der Waals surface area contributed by atoms with Crippen LogP contribution in [0, 0.1) is 11.7 Å². The summed E-state index contributed by atoms with van der Waals surface area (Å²) in [6, 6.07) is 4.07. The number of nitrogens with one attached hydrogen (secondary N) is 2. The summed E-state index contributed by atoms with van der Waals surface area (Å²) in [5.41, 5.74) is 0.415. The second-order valence-corrected chi connectivity index (χ2v) is 6.17. The Morgan fingerprint density at radius 2 is 1.96 bits per heavy atom. The average molecular weight is 358 g/mol. The SMILES string of the molecule is CN(C)C(=O)c1cc(NC(=O)CCC2CCNCC2)ccc1F.Cl. The van der Waals surface area contributed by atoms with Crippen molar-refractivity contribution in [1.29, 1.82) is 0 Å². The molecule has 1 aromatic rings. The van der Waals surface area contributed by atoms with Crippen molar-refractivity contribution in [2.45, 2.75) is 25.7 Å². The Morgan fingerprint density at radius 1 is 1.29 bits per heavy atom. The fourth-order valence-corrected chi connectivity index (χ4v) is 2.74. The van der Waals surface area contributed by atoms with Crippen molar-refractivity contribution >= 4 is 29.9 Å². The third-order valence-corrected chi connectivity index (χ3v) is 4.13. The van der Waals surface area contributed by atoms with Crippen molar-refractivity contribution in [1.82, 2.24) is 10.2 Å². The molecule has 0 aliphatic carbocycles. The van der Waals surface area contributed by atoms with Gasteiger partial charge in [0.25, 0.3) is 5.91 Å². The molecular weight excluding hydrogens is 333 g/mol. The summed E-state index contributed by atoms with van der Waals surface area (Å²) in [6.07, 6.45) is 3.51. The highest BCUT2D eigenvalue weighted by molar-refractivity contribution is 5.97. The molecule has 0 saturated carbocycles. The van der Waals surface area contributed by atoms with Crippen LogP contribution in [0.25, 0.3) is 0 Å². The summed E-state index contributed by atoms with van der Waals surface area (Å²) in [7, 11) is 3.12. The van der Waals surface area contributed by atoms with Gasteiger partial charge in [-0.1, -0.05) is 0 Å². The molecule has 24 heavy (non-hydrogen) atoms. The first kappa shape index (κ1) is 20.4. The minimum atomic E-state index is -0.587. The minimum Gasteiger partial charge on any atom is -0.345 e. The Balaban J connectivity index is 0.00000288. The maximum atomic E-state index is 13.7. The highest BCUT2D eigenvalue weighted by Crippen LogP contribution is 2.19. The van der Waals surface area contributed by atoms with Crippen molar-refractivity contribution in [3.05, 3.63) is 29.6 Å². The van der Waals surface area contributed by atoms with Gasteiger partial charge in [0, 0.05) is 26.2 Å². The van der Waals surface area contributed by atoms with E-state index in [0.717, 1.165) is 32.4 Å². The van der Waals surface area contributed by atoms with E-state index in [1.54, 1.807) is 14.1 Å². The lowest BCUT2D eigenvalue weighted by Crippen LogP contribution is -2.28. The minimum absolute atomic E-state index is 0. The van der Waals surface area contributed by atoms with Crippen molar-refractivity contribution in [3.63, 3.8) is 0 Å². The molecule has 2 N–H and O–H groups in total. The molecule has 1 fully saturated rings. The molecule has 5 nitrogen and oxygen atoms in total. The van der Waals surface area contributed by atoms with Gasteiger partial charge in [-0.15, -0.1) is 12.4 Å². The molecule has 1 aliphatic heterocycles. The van der Waals surface area contributed by atoms with Gasteiger partial charge in [-0.2, -0.15) is 0 Å². The molecule has 2 amide bonds. The second-order valence-electron chi connectivity index (χ2n) is 6.17. The van der Waals surface area contributed by atoms with Gasteiger partial charge in [0.2, 0.25) is 5.91 Å². The largest absolute Gasteiger partial charge is 0.345 e. The third-order valence-electron chi connectivity index (χ3n) is 4.13. The van der Waals surface area contributed by atoms with E-state index in [0.29, 0.717) is 18.0 Å². The predicted octanol–water partition coefficient (Wildman–Crippen LogP) is 2.67. The molecule has 1 aliphatic rings. The third kappa shape index (κ3) is 5.76. The number of halogens is 2. The second kappa shape index (κ2) is 9.59. The average Bonchev–Trinajstić information content (AvgIpc) is 2.55. The van der Waals surface area contributed by atoms with Gasteiger partial charge in [0.05, 0.1) is 5.56 Å². The van der Waals surface area contributed by atoms with Crippen molar-refractivity contribution in [2.24, 2.45) is 5.92 Å². The Morgan fingerprint density at radius 3 is 2.58 bits per heavy atom. The van der Waals surface area contributed by atoms with E-state index in [9.17, 15) is 14.0 Å². The van der Waals surface area contributed by atoms with Crippen LogP contribution >= 0.6 is 12.4 Å². The van der Waals surface area contributed by atoms with Crippen LogP contribution in [0.1, 0.15) is 36.0 Å². The zero-order valence-electron chi connectivity index (χ0n) is 14.1. The Bertz CT molecular complexity index is 575. The summed E-state index contributed by atoms with van der Waals surface area (Å²) < 4.78 is 13.7. The van der Waals surface area contributed by atoms with Crippen LogP contribution in [-0.2, 0) is 4.79 Å². The van der Waals surface area contributed by atoms with Crippen molar-refractivity contribution < 1.29 is 14.0 Å². The topological polar surface area (TPSA) is 61.4 Å². The molecule has 0 spiro atoms. The van der Waals surface area contributed by atoms with Crippen molar-refractivity contribution in [2.75, 3.05) is 32.5 Å². The van der Waals surface area contributed by atoms with Crippen LogP contribution in [0.3, 0.4) is 0 Å². The molecule has 1 aromatic carbocycles. The van der Waals surface area contributed by atoms with E-state index in [1.165, 1.54) is 23.1 Å². The summed E-state index contributed by atoms with van der Waals surface area (Å²) >= 11 is 0. The Hall–Kier alpha value is -1.66. The number of carbonyl (C=O) groups excluding carboxylic acids is 2. The lowest BCUT2D eigenvalue weighted by molar-refractivity contribution is -0.116. The first-order chi connectivity index (χ1) is 11.0. The molecule has 0 bridgehead atoms. The van der Waals surface area contributed by atoms with E-state index in [4.69, 9.17) is 0 Å². The molecule has 0 atom stereocenters.